The van der Waals surface area contributed by atoms with E-state index in [1.165, 1.54) is 0 Å². The average molecular weight is 472 g/mol. The summed E-state index contributed by atoms with van der Waals surface area (Å²) in [6.45, 7) is 18.5. The van der Waals surface area contributed by atoms with Crippen molar-refractivity contribution in [3.05, 3.63) is 77.0 Å². The molecule has 3 heteroatoms. The standard InChI is InChI=1S/C32H41NO2/c1-11-32(10,22(2)3)30(34)26(19-23(4)20-31(7,8)9)21-33-27-17-12-13-18-28(27)35-29-24(5)15-14-16-25(29)6/h1,12-19,21-22,33H,20H2,2-10H3/b23-19+,26-21?. The molecule has 0 fully saturated rings. The van der Waals surface area contributed by atoms with E-state index in [1.54, 1.807) is 6.20 Å². The third-order valence-electron chi connectivity index (χ3n) is 6.29. The van der Waals surface area contributed by atoms with Crippen LogP contribution in [-0.2, 0) is 4.79 Å². The number of hydrogen-bond acceptors (Lipinski definition) is 3. The van der Waals surface area contributed by atoms with Crippen molar-refractivity contribution >= 4 is 11.5 Å². The molecule has 0 amide bonds. The minimum atomic E-state index is -0.902. The summed E-state index contributed by atoms with van der Waals surface area (Å²) in [4.78, 5) is 13.7. The number of rotatable bonds is 9. The number of terminal acetylenes is 1. The molecule has 35 heavy (non-hydrogen) atoms. The van der Waals surface area contributed by atoms with E-state index < -0.39 is 5.41 Å². The molecule has 1 unspecified atom stereocenters. The first-order valence-corrected chi connectivity index (χ1v) is 12.3. The van der Waals surface area contributed by atoms with E-state index in [2.05, 4.69) is 38.9 Å². The van der Waals surface area contributed by atoms with E-state index in [1.807, 2.05) is 83.2 Å². The maximum atomic E-state index is 13.7. The summed E-state index contributed by atoms with van der Waals surface area (Å²) < 4.78 is 6.31. The van der Waals surface area contributed by atoms with Crippen molar-refractivity contribution in [2.45, 2.75) is 68.7 Å². The Morgan fingerprint density at radius 2 is 1.66 bits per heavy atom. The van der Waals surface area contributed by atoms with E-state index in [0.29, 0.717) is 11.3 Å². The van der Waals surface area contributed by atoms with Gasteiger partial charge in [0.15, 0.2) is 11.5 Å². The number of benzene rings is 2. The first-order chi connectivity index (χ1) is 16.3. The summed E-state index contributed by atoms with van der Waals surface area (Å²) in [5, 5.41) is 3.34. The van der Waals surface area contributed by atoms with Crippen molar-refractivity contribution in [1.82, 2.24) is 0 Å². The van der Waals surface area contributed by atoms with Gasteiger partial charge < -0.3 is 10.1 Å². The fourth-order valence-corrected chi connectivity index (χ4v) is 4.02. The number of aryl methyl sites for hydroxylation is 2. The second-order valence-electron chi connectivity index (χ2n) is 11.1. The van der Waals surface area contributed by atoms with Crippen molar-refractivity contribution < 1.29 is 9.53 Å². The molecular formula is C32H41NO2. The molecule has 0 saturated heterocycles. The van der Waals surface area contributed by atoms with Gasteiger partial charge in [0.2, 0.25) is 0 Å². The van der Waals surface area contributed by atoms with Crippen LogP contribution in [0.15, 0.2) is 65.9 Å². The number of carbonyl (C=O) groups is 1. The fraction of sp³-hybridized carbons (Fsp3) is 0.406. The van der Waals surface area contributed by atoms with Gasteiger partial charge in [-0.3, -0.25) is 4.79 Å². The van der Waals surface area contributed by atoms with Gasteiger partial charge in [0.25, 0.3) is 0 Å². The molecule has 1 N–H and O–H groups in total. The van der Waals surface area contributed by atoms with E-state index in [-0.39, 0.29) is 17.1 Å². The average Bonchev–Trinajstić information content (AvgIpc) is 2.77. The quantitative estimate of drug-likeness (QED) is 0.226. The van der Waals surface area contributed by atoms with Crippen molar-refractivity contribution in [2.24, 2.45) is 16.7 Å². The highest BCUT2D eigenvalue weighted by molar-refractivity contribution is 6.04. The zero-order valence-corrected chi connectivity index (χ0v) is 22.9. The van der Waals surface area contributed by atoms with Crippen LogP contribution in [0.1, 0.15) is 66.0 Å². The van der Waals surface area contributed by atoms with Crippen LogP contribution in [-0.4, -0.2) is 5.78 Å². The molecule has 2 aromatic rings. The van der Waals surface area contributed by atoms with Crippen LogP contribution >= 0.6 is 0 Å². The maximum absolute atomic E-state index is 13.7. The Hall–Kier alpha value is -3.25. The van der Waals surface area contributed by atoms with Crippen LogP contribution in [0.25, 0.3) is 0 Å². The van der Waals surface area contributed by atoms with Crippen LogP contribution in [0, 0.1) is 42.9 Å². The van der Waals surface area contributed by atoms with Crippen LogP contribution in [0.2, 0.25) is 0 Å². The predicted octanol–water partition coefficient (Wildman–Crippen LogP) is 8.64. The number of Topliss-reactive ketones (excluding diaryl/α,β-unsaturated/α-hetero) is 1. The van der Waals surface area contributed by atoms with Crippen LogP contribution in [0.5, 0.6) is 11.5 Å². The molecular weight excluding hydrogens is 430 g/mol. The predicted molar refractivity (Wildman–Crippen MR) is 149 cm³/mol. The van der Waals surface area contributed by atoms with E-state index in [9.17, 15) is 4.79 Å². The summed E-state index contributed by atoms with van der Waals surface area (Å²) in [5.41, 5.74) is 3.79. The summed E-state index contributed by atoms with van der Waals surface area (Å²) in [6.07, 6.45) is 10.5. The molecule has 3 nitrogen and oxygen atoms in total. The summed E-state index contributed by atoms with van der Waals surface area (Å²) in [7, 11) is 0. The number of para-hydroxylation sites is 3. The normalized spacial score (nSPS) is 14.3. The third-order valence-corrected chi connectivity index (χ3v) is 6.29. The second kappa shape index (κ2) is 11.5. The molecule has 1 atom stereocenters. The number of anilines is 1. The molecule has 0 aromatic heterocycles. The molecule has 0 aliphatic rings. The van der Waals surface area contributed by atoms with Gasteiger partial charge in [0.05, 0.1) is 11.1 Å². The topological polar surface area (TPSA) is 38.3 Å². The van der Waals surface area contributed by atoms with Gasteiger partial charge in [-0.25, -0.2) is 0 Å². The van der Waals surface area contributed by atoms with Gasteiger partial charge in [-0.1, -0.05) is 82.5 Å². The van der Waals surface area contributed by atoms with Gasteiger partial charge in [-0.15, -0.1) is 6.42 Å². The number of carbonyl (C=O) groups excluding carboxylic acids is 1. The lowest BCUT2D eigenvalue weighted by Crippen LogP contribution is -2.33. The minimum Gasteiger partial charge on any atom is -0.455 e. The molecule has 186 valence electrons. The van der Waals surface area contributed by atoms with Crippen molar-refractivity contribution in [1.29, 1.82) is 0 Å². The first kappa shape index (κ1) is 28.0. The Balaban J connectivity index is 2.50. The van der Waals surface area contributed by atoms with Crippen LogP contribution < -0.4 is 10.1 Å². The lowest BCUT2D eigenvalue weighted by atomic mass is 9.73. The van der Waals surface area contributed by atoms with Crippen LogP contribution in [0.3, 0.4) is 0 Å². The van der Waals surface area contributed by atoms with Crippen molar-refractivity contribution in [3.8, 4) is 23.8 Å². The van der Waals surface area contributed by atoms with Gasteiger partial charge in [0.1, 0.15) is 5.75 Å². The zero-order valence-electron chi connectivity index (χ0n) is 22.9. The molecule has 0 bridgehead atoms. The number of ether oxygens (including phenoxy) is 1. The fourth-order valence-electron chi connectivity index (χ4n) is 4.02. The Kier molecular flexibility index (Phi) is 9.16. The molecule has 2 rings (SSSR count). The SMILES string of the molecule is C#CC(C)(C(=O)C(=CNc1ccccc1Oc1c(C)cccc1C)/C=C(\C)CC(C)(C)C)C(C)C. The van der Waals surface area contributed by atoms with Gasteiger partial charge in [-0.05, 0) is 68.7 Å². The summed E-state index contributed by atoms with van der Waals surface area (Å²) >= 11 is 0. The maximum Gasteiger partial charge on any atom is 0.182 e. The Morgan fingerprint density at radius 3 is 2.20 bits per heavy atom. The molecule has 0 radical (unpaired) electrons. The largest absolute Gasteiger partial charge is 0.455 e. The van der Waals surface area contributed by atoms with Gasteiger partial charge >= 0.3 is 0 Å². The van der Waals surface area contributed by atoms with E-state index in [0.717, 1.165) is 34.6 Å². The van der Waals surface area contributed by atoms with Gasteiger partial charge in [0, 0.05) is 11.8 Å². The second-order valence-corrected chi connectivity index (χ2v) is 11.1. The monoisotopic (exact) mass is 471 g/mol. The Labute approximate surface area is 212 Å². The number of ketones is 1. The molecule has 2 aromatic carbocycles. The number of nitrogens with one attached hydrogen (secondary N) is 1. The van der Waals surface area contributed by atoms with Crippen molar-refractivity contribution in [2.75, 3.05) is 5.32 Å². The highest BCUT2D eigenvalue weighted by atomic mass is 16.5. The Morgan fingerprint density at radius 1 is 1.06 bits per heavy atom. The zero-order chi connectivity index (χ0) is 26.4. The third kappa shape index (κ3) is 7.36. The minimum absolute atomic E-state index is 0.000581. The molecule has 0 saturated carbocycles. The van der Waals surface area contributed by atoms with Crippen molar-refractivity contribution in [3.63, 3.8) is 0 Å². The lowest BCUT2D eigenvalue weighted by molar-refractivity contribution is -0.122. The highest BCUT2D eigenvalue weighted by Gasteiger charge is 2.36. The molecule has 0 heterocycles. The van der Waals surface area contributed by atoms with E-state index >= 15 is 0 Å². The molecule has 0 aliphatic heterocycles. The lowest BCUT2D eigenvalue weighted by Gasteiger charge is -2.27. The first-order valence-electron chi connectivity index (χ1n) is 12.3. The Bertz CT molecular complexity index is 1130. The number of allylic oxidation sites excluding steroid dienone is 3. The van der Waals surface area contributed by atoms with Crippen LogP contribution in [0.4, 0.5) is 5.69 Å². The van der Waals surface area contributed by atoms with Gasteiger partial charge in [-0.2, -0.15) is 0 Å². The summed E-state index contributed by atoms with van der Waals surface area (Å²) in [6, 6.07) is 13.8. The van der Waals surface area contributed by atoms with E-state index in [4.69, 9.17) is 11.2 Å². The molecule has 0 aliphatic carbocycles. The number of hydrogen-bond donors (Lipinski definition) is 1. The smallest absolute Gasteiger partial charge is 0.182 e. The highest BCUT2D eigenvalue weighted by Crippen LogP contribution is 2.35. The molecule has 0 spiro atoms. The summed E-state index contributed by atoms with van der Waals surface area (Å²) in [5.74, 6) is 4.22.